The zero-order chi connectivity index (χ0) is 20.2. The van der Waals surface area contributed by atoms with E-state index in [2.05, 4.69) is 24.3 Å². The summed E-state index contributed by atoms with van der Waals surface area (Å²) in [5.74, 6) is 2.38. The Morgan fingerprint density at radius 2 is 1.93 bits per heavy atom. The first-order valence-electron chi connectivity index (χ1n) is 11.9. The van der Waals surface area contributed by atoms with Crippen molar-refractivity contribution in [2.45, 2.75) is 84.1 Å². The van der Waals surface area contributed by atoms with Gasteiger partial charge in [0, 0.05) is 30.2 Å². The third-order valence-electron chi connectivity index (χ3n) is 9.64. The molecule has 0 aromatic carbocycles. The minimum atomic E-state index is -0.159. The third-order valence-corrected chi connectivity index (χ3v) is 9.64. The number of rotatable bonds is 3. The van der Waals surface area contributed by atoms with Crippen LogP contribution in [0.5, 0.6) is 0 Å². The Hall–Kier alpha value is -1.23. The highest BCUT2D eigenvalue weighted by Gasteiger charge is 2.62. The Balaban J connectivity index is 1.30. The molecular formula is C24H36N2O3. The van der Waals surface area contributed by atoms with Crippen LogP contribution < -0.4 is 5.32 Å². The van der Waals surface area contributed by atoms with Gasteiger partial charge >= 0.3 is 0 Å². The Labute approximate surface area is 174 Å². The highest BCUT2D eigenvalue weighted by molar-refractivity contribution is 5.93. The minimum absolute atomic E-state index is 0.0684. The summed E-state index contributed by atoms with van der Waals surface area (Å²) in [4.78, 5) is 31.5. The molecule has 7 atom stereocenters. The van der Waals surface area contributed by atoms with Crippen LogP contribution in [-0.2, 0) is 14.4 Å². The molecule has 0 amide bonds. The summed E-state index contributed by atoms with van der Waals surface area (Å²) in [5, 5.41) is 7.90. The monoisotopic (exact) mass is 400 g/mol. The van der Waals surface area contributed by atoms with E-state index in [4.69, 9.17) is 4.84 Å². The zero-order valence-corrected chi connectivity index (χ0v) is 18.0. The molecule has 160 valence electrons. The van der Waals surface area contributed by atoms with Crippen LogP contribution in [0.2, 0.25) is 0 Å². The lowest BCUT2D eigenvalue weighted by Gasteiger charge is -2.58. The van der Waals surface area contributed by atoms with Crippen molar-refractivity contribution >= 4 is 17.3 Å². The number of nitrogens with zero attached hydrogens (tertiary/aromatic N) is 1. The Morgan fingerprint density at radius 3 is 2.72 bits per heavy atom. The van der Waals surface area contributed by atoms with Gasteiger partial charge in [-0.25, -0.2) is 0 Å². The average Bonchev–Trinajstić information content (AvgIpc) is 3.31. The number of oxime groups is 1. The molecule has 0 spiro atoms. The van der Waals surface area contributed by atoms with Crippen molar-refractivity contribution in [1.29, 1.82) is 0 Å². The molecule has 1 aliphatic heterocycles. The number of carbonyl (C=O) groups excluding carboxylic acids is 2. The largest absolute Gasteiger partial charge is 0.394 e. The van der Waals surface area contributed by atoms with Crippen molar-refractivity contribution in [3.63, 3.8) is 0 Å². The van der Waals surface area contributed by atoms with Crippen LogP contribution in [0.3, 0.4) is 0 Å². The summed E-state index contributed by atoms with van der Waals surface area (Å²) < 4.78 is 0. The number of ketones is 2. The normalized spacial score (nSPS) is 48.3. The van der Waals surface area contributed by atoms with Crippen molar-refractivity contribution in [2.24, 2.45) is 39.7 Å². The first kappa shape index (κ1) is 19.7. The predicted molar refractivity (Wildman–Crippen MR) is 112 cm³/mol. The molecule has 0 aromatic heterocycles. The standard InChI is InChI=1S/C24H36N2O3/c1-23-9-7-15(26-29-14-16-4-3-11-25-16)12-20(23)21(27)13-17-18-5-6-22(28)24(18,2)10-8-19(17)23/h16-20,25H,3-14H2,1-2H3/b26-15+/t16-,17+,18+,19+,20?,23-,24+/m1/s1. The van der Waals surface area contributed by atoms with Gasteiger partial charge in [-0.1, -0.05) is 19.0 Å². The summed E-state index contributed by atoms with van der Waals surface area (Å²) >= 11 is 0. The van der Waals surface area contributed by atoms with E-state index in [1.54, 1.807) is 0 Å². The van der Waals surface area contributed by atoms with Gasteiger partial charge in [-0.3, -0.25) is 9.59 Å². The number of carbonyl (C=O) groups is 2. The fraction of sp³-hybridized carbons (Fsp3) is 0.875. The first-order valence-corrected chi connectivity index (χ1v) is 11.9. The molecule has 5 nitrogen and oxygen atoms in total. The van der Waals surface area contributed by atoms with Gasteiger partial charge in [-0.15, -0.1) is 0 Å². The second-order valence-corrected chi connectivity index (χ2v) is 11.0. The SMILES string of the molecule is C[C@]12CC/C(=N\OC[C@H]3CCCN3)CC1C(=O)C[C@@H]1[C@@H]2CC[C@]2(C)C(=O)CC[C@@H]12. The molecule has 5 aliphatic rings. The topological polar surface area (TPSA) is 67.8 Å². The van der Waals surface area contributed by atoms with Gasteiger partial charge in [0.25, 0.3) is 0 Å². The van der Waals surface area contributed by atoms with Gasteiger partial charge in [0.15, 0.2) is 0 Å². The maximum atomic E-state index is 13.3. The molecule has 5 fully saturated rings. The molecule has 0 radical (unpaired) electrons. The van der Waals surface area contributed by atoms with Gasteiger partial charge in [0.2, 0.25) is 0 Å². The molecule has 4 saturated carbocycles. The molecule has 0 aromatic rings. The van der Waals surface area contributed by atoms with Gasteiger partial charge in [0.05, 0.1) is 5.71 Å². The van der Waals surface area contributed by atoms with Crippen LogP contribution in [0.1, 0.15) is 78.1 Å². The number of Topliss-reactive ketones (excluding diaryl/α,β-unsaturated/α-hetero) is 2. The van der Waals surface area contributed by atoms with Crippen LogP contribution >= 0.6 is 0 Å². The lowest BCUT2D eigenvalue weighted by atomic mass is 9.45. The van der Waals surface area contributed by atoms with E-state index >= 15 is 0 Å². The highest BCUT2D eigenvalue weighted by atomic mass is 16.6. The fourth-order valence-electron chi connectivity index (χ4n) is 7.82. The van der Waals surface area contributed by atoms with E-state index in [1.165, 1.54) is 6.42 Å². The van der Waals surface area contributed by atoms with Gasteiger partial charge in [-0.05, 0) is 81.1 Å². The molecule has 1 saturated heterocycles. The Morgan fingerprint density at radius 1 is 1.07 bits per heavy atom. The van der Waals surface area contributed by atoms with Crippen LogP contribution in [0.25, 0.3) is 0 Å². The number of nitrogens with one attached hydrogen (secondary N) is 1. The molecule has 1 N–H and O–H groups in total. The lowest BCUT2D eigenvalue weighted by Crippen LogP contribution is -2.56. The van der Waals surface area contributed by atoms with Crippen molar-refractivity contribution in [3.8, 4) is 0 Å². The van der Waals surface area contributed by atoms with Crippen LogP contribution in [0.15, 0.2) is 5.16 Å². The lowest BCUT2D eigenvalue weighted by molar-refractivity contribution is -0.152. The second-order valence-electron chi connectivity index (χ2n) is 11.0. The first-order chi connectivity index (χ1) is 13.9. The molecule has 5 rings (SSSR count). The minimum Gasteiger partial charge on any atom is -0.394 e. The summed E-state index contributed by atoms with van der Waals surface area (Å²) in [7, 11) is 0. The molecule has 1 unspecified atom stereocenters. The van der Waals surface area contributed by atoms with Crippen molar-refractivity contribution in [2.75, 3.05) is 13.2 Å². The summed E-state index contributed by atoms with van der Waals surface area (Å²) in [6.45, 7) is 6.27. The maximum Gasteiger partial charge on any atom is 0.139 e. The fourth-order valence-corrected chi connectivity index (χ4v) is 7.82. The molecule has 29 heavy (non-hydrogen) atoms. The van der Waals surface area contributed by atoms with Crippen LogP contribution in [-0.4, -0.2) is 36.5 Å². The van der Waals surface area contributed by atoms with E-state index in [-0.39, 0.29) is 16.7 Å². The van der Waals surface area contributed by atoms with E-state index < -0.39 is 0 Å². The quantitative estimate of drug-likeness (QED) is 0.730. The predicted octanol–water partition coefficient (Wildman–Crippen LogP) is 3.90. The summed E-state index contributed by atoms with van der Waals surface area (Å²) in [6.07, 6.45) is 9.67. The van der Waals surface area contributed by atoms with Crippen molar-refractivity contribution in [3.05, 3.63) is 0 Å². The van der Waals surface area contributed by atoms with Gasteiger partial charge in [0.1, 0.15) is 18.2 Å². The third kappa shape index (κ3) is 3.10. The molecule has 5 heteroatoms. The van der Waals surface area contributed by atoms with E-state index in [0.29, 0.717) is 48.4 Å². The van der Waals surface area contributed by atoms with Crippen molar-refractivity contribution in [1.82, 2.24) is 5.32 Å². The van der Waals surface area contributed by atoms with Crippen molar-refractivity contribution < 1.29 is 14.4 Å². The highest BCUT2D eigenvalue weighted by Crippen LogP contribution is 2.64. The molecular weight excluding hydrogens is 364 g/mol. The smallest absolute Gasteiger partial charge is 0.139 e. The van der Waals surface area contributed by atoms with Gasteiger partial charge < -0.3 is 10.2 Å². The number of hydrogen-bond donors (Lipinski definition) is 1. The van der Waals surface area contributed by atoms with E-state index in [1.807, 2.05) is 0 Å². The second kappa shape index (κ2) is 7.18. The molecule has 0 bridgehead atoms. The number of hydrogen-bond acceptors (Lipinski definition) is 5. The van der Waals surface area contributed by atoms with E-state index in [9.17, 15) is 9.59 Å². The summed E-state index contributed by atoms with van der Waals surface area (Å²) in [6, 6.07) is 0.427. The van der Waals surface area contributed by atoms with Gasteiger partial charge in [-0.2, -0.15) is 0 Å². The van der Waals surface area contributed by atoms with Crippen LogP contribution in [0.4, 0.5) is 0 Å². The zero-order valence-electron chi connectivity index (χ0n) is 18.0. The Kier molecular flexibility index (Phi) is 4.88. The van der Waals surface area contributed by atoms with Crippen LogP contribution in [0, 0.1) is 34.5 Å². The molecule has 1 heterocycles. The molecule has 4 aliphatic carbocycles. The van der Waals surface area contributed by atoms with E-state index in [0.717, 1.165) is 63.6 Å². The maximum absolute atomic E-state index is 13.3. The summed E-state index contributed by atoms with van der Waals surface area (Å²) in [5.41, 5.74) is 0.988. The Bertz CT molecular complexity index is 728. The average molecular weight is 401 g/mol. The number of fused-ring (bicyclic) bond motifs is 5.